The van der Waals surface area contributed by atoms with Crippen molar-refractivity contribution in [1.82, 2.24) is 4.98 Å². The maximum absolute atomic E-state index is 14.4. The first kappa shape index (κ1) is 23.7. The molecule has 3 heterocycles. The number of hydrogen-bond acceptors (Lipinski definition) is 5. The number of hydrogen-bond donors (Lipinski definition) is 1. The number of benzene rings is 2. The fraction of sp³-hybridized carbons (Fsp3) is 0.321. The van der Waals surface area contributed by atoms with Crippen LogP contribution in [-0.4, -0.2) is 24.1 Å². The summed E-state index contributed by atoms with van der Waals surface area (Å²) in [5.41, 5.74) is 5.50. The minimum Gasteiger partial charge on any atom is -0.484 e. The highest BCUT2D eigenvalue weighted by atomic mass is 35.5. The van der Waals surface area contributed by atoms with Crippen molar-refractivity contribution >= 4 is 35.0 Å². The summed E-state index contributed by atoms with van der Waals surface area (Å²) in [5.74, 6) is -0.273. The number of aromatic nitrogens is 1. The summed E-state index contributed by atoms with van der Waals surface area (Å²) < 4.78 is 25.5. The smallest absolute Gasteiger partial charge is 0.337 e. The van der Waals surface area contributed by atoms with Crippen molar-refractivity contribution in [3.05, 3.63) is 81.9 Å². The highest BCUT2D eigenvalue weighted by molar-refractivity contribution is 6.26. The average Bonchev–Trinajstić information content (AvgIpc) is 3.65. The summed E-state index contributed by atoms with van der Waals surface area (Å²) >= 11 is 6.83. The lowest BCUT2D eigenvalue weighted by Crippen LogP contribution is -2.40. The maximum Gasteiger partial charge on any atom is 0.337 e. The van der Waals surface area contributed by atoms with Crippen molar-refractivity contribution in [2.45, 2.75) is 50.1 Å². The van der Waals surface area contributed by atoms with Gasteiger partial charge in [-0.3, -0.25) is 9.88 Å². The lowest BCUT2D eigenvalue weighted by Gasteiger charge is -2.34. The van der Waals surface area contributed by atoms with Gasteiger partial charge in [-0.25, -0.2) is 14.0 Å². The van der Waals surface area contributed by atoms with Gasteiger partial charge in [0.05, 0.1) is 29.8 Å². The normalized spacial score (nSPS) is 19.3. The van der Waals surface area contributed by atoms with Gasteiger partial charge in [-0.15, -0.1) is 11.6 Å². The number of amides is 2. The SMILES string of the molecule is COC(=O)c1cc2c(c(C3(Cl)CC3)c1)CN(c1cc3c(cc1C)CCC(c1ncccc1F)O3)C(=O)N2. The molecule has 3 aromatic rings. The number of halogens is 2. The van der Waals surface area contributed by atoms with Gasteiger partial charge in [0.2, 0.25) is 0 Å². The summed E-state index contributed by atoms with van der Waals surface area (Å²) in [7, 11) is 1.32. The molecule has 0 bridgehead atoms. The number of pyridine rings is 1. The lowest BCUT2D eigenvalue weighted by molar-refractivity contribution is 0.0600. The summed E-state index contributed by atoms with van der Waals surface area (Å²) in [5, 5.41) is 2.94. The van der Waals surface area contributed by atoms with E-state index in [9.17, 15) is 14.0 Å². The number of carbonyl (C=O) groups excluding carboxylic acids is 2. The Morgan fingerprint density at radius 3 is 2.84 bits per heavy atom. The number of methoxy groups -OCH3 is 1. The molecule has 1 fully saturated rings. The van der Waals surface area contributed by atoms with E-state index >= 15 is 0 Å². The lowest BCUT2D eigenvalue weighted by atomic mass is 9.94. The topological polar surface area (TPSA) is 80.8 Å². The van der Waals surface area contributed by atoms with Crippen molar-refractivity contribution in [3.8, 4) is 5.75 Å². The standard InChI is InChI=1S/C28H25ClFN3O4/c1-15-10-16-5-6-23(25-20(30)4-3-9-31-25)37-24(16)13-22(15)33-14-18-19(28(29)7-8-28)11-17(26(34)36-2)12-21(18)32-27(33)35/h3-4,9-13,23H,5-8,14H2,1-2H3,(H,32,35). The van der Waals surface area contributed by atoms with Gasteiger partial charge in [-0.1, -0.05) is 6.07 Å². The molecule has 0 saturated heterocycles. The number of aryl methyl sites for hydroxylation is 2. The Balaban J connectivity index is 1.37. The van der Waals surface area contributed by atoms with Crippen molar-refractivity contribution < 1.29 is 23.5 Å². The predicted molar refractivity (Wildman–Crippen MR) is 137 cm³/mol. The van der Waals surface area contributed by atoms with E-state index in [1.807, 2.05) is 19.1 Å². The molecule has 9 heteroatoms. The van der Waals surface area contributed by atoms with E-state index in [1.165, 1.54) is 13.2 Å². The second-order valence-electron chi connectivity index (χ2n) is 9.79. The first-order valence-electron chi connectivity index (χ1n) is 12.2. The number of nitrogens with one attached hydrogen (secondary N) is 1. The number of nitrogens with zero attached hydrogens (tertiary/aromatic N) is 2. The van der Waals surface area contributed by atoms with Crippen LogP contribution >= 0.6 is 11.6 Å². The van der Waals surface area contributed by atoms with Gasteiger partial charge in [0.15, 0.2) is 0 Å². The number of anilines is 2. The Hall–Kier alpha value is -3.65. The van der Waals surface area contributed by atoms with E-state index in [1.54, 1.807) is 29.3 Å². The van der Waals surface area contributed by atoms with Gasteiger partial charge in [0.25, 0.3) is 0 Å². The third-order valence-electron chi connectivity index (χ3n) is 7.35. The van der Waals surface area contributed by atoms with Gasteiger partial charge >= 0.3 is 12.0 Å². The van der Waals surface area contributed by atoms with E-state index in [0.29, 0.717) is 35.5 Å². The summed E-state index contributed by atoms with van der Waals surface area (Å²) in [6, 6.07) is 9.88. The Kier molecular flexibility index (Phi) is 5.60. The van der Waals surface area contributed by atoms with Crippen molar-refractivity contribution in [2.75, 3.05) is 17.3 Å². The molecular weight excluding hydrogens is 497 g/mol. The number of carbonyl (C=O) groups is 2. The van der Waals surface area contributed by atoms with Crippen LogP contribution in [0, 0.1) is 12.7 Å². The predicted octanol–water partition coefficient (Wildman–Crippen LogP) is 6.16. The molecule has 37 heavy (non-hydrogen) atoms. The molecule has 7 nitrogen and oxygen atoms in total. The highest BCUT2D eigenvalue weighted by Crippen LogP contribution is 2.55. The molecular formula is C28H25ClFN3O4. The number of alkyl halides is 1. The summed E-state index contributed by atoms with van der Waals surface area (Å²) in [6.45, 7) is 2.23. The van der Waals surface area contributed by atoms with E-state index < -0.39 is 22.8 Å². The van der Waals surface area contributed by atoms with Gasteiger partial charge < -0.3 is 14.8 Å². The first-order chi connectivity index (χ1) is 17.8. The van der Waals surface area contributed by atoms with Gasteiger partial charge in [-0.05, 0) is 73.6 Å². The maximum atomic E-state index is 14.4. The van der Waals surface area contributed by atoms with Crippen LogP contribution in [0.15, 0.2) is 42.6 Å². The van der Waals surface area contributed by atoms with E-state index in [0.717, 1.165) is 35.1 Å². The molecule has 0 spiro atoms. The molecule has 1 atom stereocenters. The van der Waals surface area contributed by atoms with Crippen LogP contribution in [0.3, 0.4) is 0 Å². The zero-order chi connectivity index (χ0) is 25.9. The van der Waals surface area contributed by atoms with Gasteiger partial charge in [0.1, 0.15) is 23.4 Å². The van der Waals surface area contributed by atoms with Gasteiger partial charge in [0, 0.05) is 23.5 Å². The minimum atomic E-state index is -0.560. The molecule has 0 radical (unpaired) electrons. The third-order valence-corrected chi connectivity index (χ3v) is 7.93. The zero-order valence-electron chi connectivity index (χ0n) is 20.4. The minimum absolute atomic E-state index is 0.280. The molecule has 1 unspecified atom stereocenters. The fourth-order valence-electron chi connectivity index (χ4n) is 5.23. The third kappa shape index (κ3) is 4.09. The molecule has 2 aliphatic heterocycles. The van der Waals surface area contributed by atoms with Crippen LogP contribution < -0.4 is 15.0 Å². The van der Waals surface area contributed by atoms with Crippen LogP contribution in [-0.2, 0) is 22.6 Å². The second kappa shape index (κ2) is 8.73. The Labute approximate surface area is 218 Å². The quantitative estimate of drug-likeness (QED) is 0.328. The summed E-state index contributed by atoms with van der Waals surface area (Å²) in [6.07, 6.45) is 3.95. The first-order valence-corrected chi connectivity index (χ1v) is 12.6. The number of ether oxygens (including phenoxy) is 2. The fourth-order valence-corrected chi connectivity index (χ4v) is 5.50. The van der Waals surface area contributed by atoms with Crippen molar-refractivity contribution in [2.24, 2.45) is 0 Å². The van der Waals surface area contributed by atoms with Gasteiger partial charge in [-0.2, -0.15) is 0 Å². The number of urea groups is 1. The van der Waals surface area contributed by atoms with Crippen LogP contribution in [0.4, 0.5) is 20.6 Å². The summed E-state index contributed by atoms with van der Waals surface area (Å²) in [4.78, 5) is 30.8. The number of esters is 1. The molecule has 2 aromatic carbocycles. The molecule has 1 saturated carbocycles. The van der Waals surface area contributed by atoms with Crippen molar-refractivity contribution in [1.29, 1.82) is 0 Å². The van der Waals surface area contributed by atoms with Crippen LogP contribution in [0.1, 0.15) is 63.7 Å². The molecule has 6 rings (SSSR count). The van der Waals surface area contributed by atoms with Crippen LogP contribution in [0.5, 0.6) is 5.75 Å². The largest absolute Gasteiger partial charge is 0.484 e. The molecule has 1 N–H and O–H groups in total. The Bertz CT molecular complexity index is 1460. The highest BCUT2D eigenvalue weighted by Gasteiger charge is 2.46. The van der Waals surface area contributed by atoms with E-state index in [4.69, 9.17) is 21.1 Å². The number of rotatable bonds is 4. The van der Waals surface area contributed by atoms with Crippen LogP contribution in [0.2, 0.25) is 0 Å². The zero-order valence-corrected chi connectivity index (χ0v) is 21.2. The molecule has 1 aliphatic carbocycles. The molecule has 2 amide bonds. The molecule has 1 aromatic heterocycles. The average molecular weight is 522 g/mol. The Morgan fingerprint density at radius 2 is 2.11 bits per heavy atom. The van der Waals surface area contributed by atoms with E-state index in [2.05, 4.69) is 10.3 Å². The second-order valence-corrected chi connectivity index (χ2v) is 10.5. The molecule has 3 aliphatic rings. The van der Waals surface area contributed by atoms with Crippen molar-refractivity contribution in [3.63, 3.8) is 0 Å². The monoisotopic (exact) mass is 521 g/mol. The van der Waals surface area contributed by atoms with Crippen LogP contribution in [0.25, 0.3) is 0 Å². The Morgan fingerprint density at radius 1 is 1.30 bits per heavy atom. The van der Waals surface area contributed by atoms with E-state index in [-0.39, 0.29) is 18.3 Å². The number of fused-ring (bicyclic) bond motifs is 2. The molecule has 190 valence electrons.